The predicted octanol–water partition coefficient (Wildman–Crippen LogP) is 2.86. The minimum atomic E-state index is -0.435. The summed E-state index contributed by atoms with van der Waals surface area (Å²) in [7, 11) is 1.61. The average Bonchev–Trinajstić information content (AvgIpc) is 2.43. The molecule has 0 atom stereocenters. The number of hydrogen-bond acceptors (Lipinski definition) is 3. The van der Waals surface area contributed by atoms with Gasteiger partial charge in [-0.25, -0.2) is 0 Å². The van der Waals surface area contributed by atoms with Gasteiger partial charge in [-0.1, -0.05) is 26.0 Å². The van der Waals surface area contributed by atoms with Crippen LogP contribution in [0.3, 0.4) is 0 Å². The second kappa shape index (κ2) is 5.49. The molecule has 0 spiro atoms. The molecule has 1 aromatic heterocycles. The van der Waals surface area contributed by atoms with Crippen LogP contribution in [0.4, 0.5) is 0 Å². The molecule has 0 bridgehead atoms. The lowest BCUT2D eigenvalue weighted by Crippen LogP contribution is -2.25. The number of aromatic nitrogens is 1. The largest absolute Gasteiger partial charge is 0.506 e. The van der Waals surface area contributed by atoms with Gasteiger partial charge in [0.2, 0.25) is 0 Å². The van der Waals surface area contributed by atoms with Crippen LogP contribution in [-0.2, 0) is 7.05 Å². The third-order valence-electron chi connectivity index (χ3n) is 3.50. The number of para-hydroxylation sites is 1. The SMILES string of the molecule is CC(C)CCC(=O)c1c(O)c2ccccc2n(C)c1=O. The number of fused-ring (bicyclic) bond motifs is 1. The maximum Gasteiger partial charge on any atom is 0.265 e. The van der Waals surface area contributed by atoms with E-state index >= 15 is 0 Å². The van der Waals surface area contributed by atoms with Gasteiger partial charge in [0.15, 0.2) is 5.78 Å². The fraction of sp³-hybridized carbons (Fsp3) is 0.375. The summed E-state index contributed by atoms with van der Waals surface area (Å²) in [4.78, 5) is 24.5. The molecule has 2 aromatic rings. The highest BCUT2D eigenvalue weighted by Crippen LogP contribution is 2.26. The van der Waals surface area contributed by atoms with E-state index in [0.717, 1.165) is 0 Å². The fourth-order valence-electron chi connectivity index (χ4n) is 2.28. The third-order valence-corrected chi connectivity index (χ3v) is 3.50. The number of carbonyl (C=O) groups excluding carboxylic acids is 1. The molecule has 0 aliphatic rings. The van der Waals surface area contributed by atoms with Crippen molar-refractivity contribution in [2.75, 3.05) is 0 Å². The molecule has 0 radical (unpaired) electrons. The van der Waals surface area contributed by atoms with E-state index in [1.165, 1.54) is 4.57 Å². The summed E-state index contributed by atoms with van der Waals surface area (Å²) < 4.78 is 1.41. The van der Waals surface area contributed by atoms with Crippen LogP contribution >= 0.6 is 0 Å². The number of ketones is 1. The Hall–Kier alpha value is -2.10. The van der Waals surface area contributed by atoms with E-state index in [4.69, 9.17) is 0 Å². The highest BCUT2D eigenvalue weighted by Gasteiger charge is 2.20. The Morgan fingerprint density at radius 2 is 1.95 bits per heavy atom. The monoisotopic (exact) mass is 273 g/mol. The second-order valence-corrected chi connectivity index (χ2v) is 5.46. The molecule has 0 saturated carbocycles. The lowest BCUT2D eigenvalue weighted by atomic mass is 10.00. The highest BCUT2D eigenvalue weighted by atomic mass is 16.3. The van der Waals surface area contributed by atoms with E-state index in [-0.39, 0.29) is 23.5 Å². The van der Waals surface area contributed by atoms with Gasteiger partial charge < -0.3 is 9.67 Å². The zero-order valence-electron chi connectivity index (χ0n) is 12.0. The Balaban J connectivity index is 2.59. The standard InChI is InChI=1S/C16H19NO3/c1-10(2)8-9-13(18)14-15(19)11-6-4-5-7-12(11)17(3)16(14)20/h4-7,10,19H,8-9H2,1-3H3. The fourth-order valence-corrected chi connectivity index (χ4v) is 2.28. The molecular weight excluding hydrogens is 254 g/mol. The minimum absolute atomic E-state index is 0.0909. The number of benzene rings is 1. The molecule has 0 aliphatic heterocycles. The van der Waals surface area contributed by atoms with Crippen LogP contribution in [0.25, 0.3) is 10.9 Å². The molecule has 1 N–H and O–H groups in total. The summed E-state index contributed by atoms with van der Waals surface area (Å²) in [6, 6.07) is 7.03. The van der Waals surface area contributed by atoms with Gasteiger partial charge >= 0.3 is 0 Å². The molecule has 1 heterocycles. The quantitative estimate of drug-likeness (QED) is 0.871. The Kier molecular flexibility index (Phi) is 3.93. The lowest BCUT2D eigenvalue weighted by molar-refractivity contribution is 0.0971. The van der Waals surface area contributed by atoms with Gasteiger partial charge in [-0.05, 0) is 24.5 Å². The first kappa shape index (κ1) is 14.3. The molecule has 0 amide bonds. The molecule has 0 unspecified atom stereocenters. The molecule has 1 aromatic carbocycles. The molecular formula is C16H19NO3. The van der Waals surface area contributed by atoms with Crippen molar-refractivity contribution < 1.29 is 9.90 Å². The number of aromatic hydroxyl groups is 1. The van der Waals surface area contributed by atoms with Crippen LogP contribution < -0.4 is 5.56 Å². The van der Waals surface area contributed by atoms with Gasteiger partial charge in [-0.15, -0.1) is 0 Å². The van der Waals surface area contributed by atoms with E-state index < -0.39 is 5.56 Å². The Morgan fingerprint density at radius 1 is 1.30 bits per heavy atom. The highest BCUT2D eigenvalue weighted by molar-refractivity contribution is 6.03. The number of rotatable bonds is 4. The molecule has 0 aliphatic carbocycles. The second-order valence-electron chi connectivity index (χ2n) is 5.46. The summed E-state index contributed by atoms with van der Waals surface area (Å²) >= 11 is 0. The molecule has 20 heavy (non-hydrogen) atoms. The zero-order chi connectivity index (χ0) is 14.9. The van der Waals surface area contributed by atoms with Gasteiger partial charge in [0.05, 0.1) is 5.52 Å². The molecule has 0 fully saturated rings. The predicted molar refractivity (Wildman–Crippen MR) is 79.3 cm³/mol. The first-order valence-electron chi connectivity index (χ1n) is 6.77. The molecule has 4 heteroatoms. The van der Waals surface area contributed by atoms with Crippen molar-refractivity contribution in [2.24, 2.45) is 13.0 Å². The summed E-state index contributed by atoms with van der Waals surface area (Å²) in [5, 5.41) is 10.8. The van der Waals surface area contributed by atoms with Crippen LogP contribution in [0, 0.1) is 5.92 Å². The number of Topliss-reactive ketones (excluding diaryl/α,β-unsaturated/α-hetero) is 1. The van der Waals surface area contributed by atoms with Crippen molar-refractivity contribution in [3.63, 3.8) is 0 Å². The maximum absolute atomic E-state index is 12.3. The Labute approximate surface area is 117 Å². The topological polar surface area (TPSA) is 59.3 Å². The normalized spacial score (nSPS) is 11.2. The van der Waals surface area contributed by atoms with E-state index in [1.54, 1.807) is 31.3 Å². The van der Waals surface area contributed by atoms with Crippen LogP contribution in [0.2, 0.25) is 0 Å². The Bertz CT molecular complexity index is 713. The zero-order valence-corrected chi connectivity index (χ0v) is 12.0. The van der Waals surface area contributed by atoms with Gasteiger partial charge in [-0.3, -0.25) is 9.59 Å². The summed E-state index contributed by atoms with van der Waals surface area (Å²) in [5.41, 5.74) is 0.0946. The third kappa shape index (κ3) is 2.46. The van der Waals surface area contributed by atoms with Gasteiger partial charge in [0.1, 0.15) is 11.3 Å². The van der Waals surface area contributed by atoms with Crippen molar-refractivity contribution in [3.8, 4) is 5.75 Å². The molecule has 0 saturated heterocycles. The maximum atomic E-state index is 12.3. The van der Waals surface area contributed by atoms with Crippen molar-refractivity contribution in [2.45, 2.75) is 26.7 Å². The van der Waals surface area contributed by atoms with Crippen molar-refractivity contribution in [3.05, 3.63) is 40.2 Å². The van der Waals surface area contributed by atoms with E-state index in [9.17, 15) is 14.7 Å². The molecule has 2 rings (SSSR count). The van der Waals surface area contributed by atoms with Crippen LogP contribution in [-0.4, -0.2) is 15.5 Å². The van der Waals surface area contributed by atoms with Crippen molar-refractivity contribution >= 4 is 16.7 Å². The Morgan fingerprint density at radius 3 is 2.60 bits per heavy atom. The smallest absolute Gasteiger partial charge is 0.265 e. The minimum Gasteiger partial charge on any atom is -0.506 e. The van der Waals surface area contributed by atoms with Crippen LogP contribution in [0.5, 0.6) is 5.75 Å². The number of carbonyl (C=O) groups is 1. The van der Waals surface area contributed by atoms with Crippen molar-refractivity contribution in [1.82, 2.24) is 4.57 Å². The summed E-state index contributed by atoms with van der Waals surface area (Å²) in [5.74, 6) is -0.106. The van der Waals surface area contributed by atoms with Crippen LogP contribution in [0.1, 0.15) is 37.0 Å². The average molecular weight is 273 g/mol. The van der Waals surface area contributed by atoms with Gasteiger partial charge in [-0.2, -0.15) is 0 Å². The van der Waals surface area contributed by atoms with Gasteiger partial charge in [0.25, 0.3) is 5.56 Å². The molecule has 4 nitrogen and oxygen atoms in total. The van der Waals surface area contributed by atoms with E-state index in [2.05, 4.69) is 0 Å². The number of hydrogen-bond donors (Lipinski definition) is 1. The van der Waals surface area contributed by atoms with E-state index in [1.807, 2.05) is 13.8 Å². The first-order chi connectivity index (χ1) is 9.43. The number of nitrogens with zero attached hydrogens (tertiary/aromatic N) is 1. The molecule has 106 valence electrons. The van der Waals surface area contributed by atoms with Crippen LogP contribution in [0.15, 0.2) is 29.1 Å². The summed E-state index contributed by atoms with van der Waals surface area (Å²) in [6.45, 7) is 4.04. The van der Waals surface area contributed by atoms with Gasteiger partial charge in [0, 0.05) is 18.9 Å². The van der Waals surface area contributed by atoms with E-state index in [0.29, 0.717) is 23.2 Å². The number of aryl methyl sites for hydroxylation is 1. The van der Waals surface area contributed by atoms with Crippen molar-refractivity contribution in [1.29, 1.82) is 0 Å². The number of pyridine rings is 1. The first-order valence-corrected chi connectivity index (χ1v) is 6.77. The lowest BCUT2D eigenvalue weighted by Gasteiger charge is -2.11. The summed E-state index contributed by atoms with van der Waals surface area (Å²) in [6.07, 6.45) is 0.979.